The molecule has 3 rings (SSSR count). The molecule has 1 amide bonds. The van der Waals surface area contributed by atoms with Gasteiger partial charge in [0.05, 0.1) is 10.6 Å². The maximum absolute atomic E-state index is 12.4. The average Bonchev–Trinajstić information content (AvgIpc) is 2.73. The predicted molar refractivity (Wildman–Crippen MR) is 109 cm³/mol. The highest BCUT2D eigenvalue weighted by atomic mass is 35.5. The highest BCUT2D eigenvalue weighted by molar-refractivity contribution is 7.92. The second-order valence-corrected chi connectivity index (χ2v) is 7.51. The van der Waals surface area contributed by atoms with Crippen LogP contribution in [0.25, 0.3) is 0 Å². The summed E-state index contributed by atoms with van der Waals surface area (Å²) in [6, 6.07) is 10.9. The normalized spacial score (nSPS) is 10.8. The van der Waals surface area contributed by atoms with Crippen molar-refractivity contribution in [1.82, 2.24) is 20.4 Å². The molecule has 0 spiro atoms. The molecular weight excluding hydrogens is 418 g/mol. The van der Waals surface area contributed by atoms with Gasteiger partial charge in [0.25, 0.3) is 15.9 Å². The molecule has 0 saturated carbocycles. The minimum Gasteiger partial charge on any atom is -0.340 e. The van der Waals surface area contributed by atoms with Gasteiger partial charge in [-0.1, -0.05) is 0 Å². The molecule has 0 fully saturated rings. The number of hydrazine groups is 1. The fourth-order valence-electron chi connectivity index (χ4n) is 2.15. The minimum absolute atomic E-state index is 0.105. The first-order valence-electron chi connectivity index (χ1n) is 8.20. The van der Waals surface area contributed by atoms with Gasteiger partial charge in [-0.2, -0.15) is 4.98 Å². The van der Waals surface area contributed by atoms with Gasteiger partial charge in [-0.05, 0) is 42.5 Å². The van der Waals surface area contributed by atoms with Crippen LogP contribution in [-0.2, 0) is 14.8 Å². The van der Waals surface area contributed by atoms with E-state index in [2.05, 4.69) is 35.8 Å². The van der Waals surface area contributed by atoms with Gasteiger partial charge in [-0.3, -0.25) is 25.4 Å². The number of benzene rings is 1. The zero-order valence-corrected chi connectivity index (χ0v) is 16.4. The molecule has 0 aliphatic carbocycles. The van der Waals surface area contributed by atoms with Crippen molar-refractivity contribution in [2.45, 2.75) is 4.90 Å². The lowest BCUT2D eigenvalue weighted by molar-refractivity contribution is -0.118. The van der Waals surface area contributed by atoms with E-state index in [4.69, 9.17) is 11.6 Å². The van der Waals surface area contributed by atoms with Crippen LogP contribution >= 0.6 is 11.6 Å². The molecule has 12 heteroatoms. The van der Waals surface area contributed by atoms with Crippen LogP contribution < -0.4 is 20.9 Å². The van der Waals surface area contributed by atoms with Gasteiger partial charge in [0.1, 0.15) is 11.7 Å². The maximum atomic E-state index is 12.4. The Hall–Kier alpha value is -3.44. The molecule has 0 bridgehead atoms. The number of anilines is 4. The molecular formula is C17H16ClN7O3S. The number of hydrogen-bond donors (Lipinski definition) is 4. The molecule has 3 aromatic rings. The lowest BCUT2D eigenvalue weighted by Gasteiger charge is -2.10. The summed E-state index contributed by atoms with van der Waals surface area (Å²) >= 11 is 5.39. The van der Waals surface area contributed by atoms with E-state index < -0.39 is 15.9 Å². The molecule has 0 atom stereocenters. The quantitative estimate of drug-likeness (QED) is 0.313. The SMILES string of the molecule is O=C(CCl)NNc1nccc(Nc2ccc(S(=O)(=O)Nc3ccncc3)cc2)n1. The number of carbonyl (C=O) groups is 1. The molecule has 150 valence electrons. The van der Waals surface area contributed by atoms with Crippen LogP contribution in [0.3, 0.4) is 0 Å². The molecule has 0 aliphatic heterocycles. The molecule has 0 radical (unpaired) electrons. The Kier molecular flexibility index (Phi) is 6.42. The Bertz CT molecular complexity index is 1080. The van der Waals surface area contributed by atoms with E-state index in [1.54, 1.807) is 30.3 Å². The third-order valence-electron chi connectivity index (χ3n) is 3.46. The second kappa shape index (κ2) is 9.17. The number of nitrogens with zero attached hydrogens (tertiary/aromatic N) is 3. The van der Waals surface area contributed by atoms with E-state index >= 15 is 0 Å². The summed E-state index contributed by atoms with van der Waals surface area (Å²) in [6.45, 7) is 0. The molecule has 0 unspecified atom stereocenters. The summed E-state index contributed by atoms with van der Waals surface area (Å²) in [5.41, 5.74) is 5.90. The van der Waals surface area contributed by atoms with Gasteiger partial charge >= 0.3 is 0 Å². The number of carbonyl (C=O) groups excluding carboxylic acids is 1. The smallest absolute Gasteiger partial charge is 0.261 e. The lowest BCUT2D eigenvalue weighted by Crippen LogP contribution is -2.31. The summed E-state index contributed by atoms with van der Waals surface area (Å²) in [5, 5.41) is 3.02. The fraction of sp³-hybridized carbons (Fsp3) is 0.0588. The van der Waals surface area contributed by atoms with Crippen molar-refractivity contribution in [2.75, 3.05) is 21.3 Å². The topological polar surface area (TPSA) is 138 Å². The third-order valence-corrected chi connectivity index (χ3v) is 5.10. The molecule has 4 N–H and O–H groups in total. The Balaban J connectivity index is 1.67. The number of amides is 1. The van der Waals surface area contributed by atoms with Crippen molar-refractivity contribution in [3.63, 3.8) is 0 Å². The molecule has 2 aromatic heterocycles. The van der Waals surface area contributed by atoms with E-state index in [0.717, 1.165) is 0 Å². The van der Waals surface area contributed by atoms with E-state index in [0.29, 0.717) is 17.2 Å². The van der Waals surface area contributed by atoms with Gasteiger partial charge in [-0.25, -0.2) is 13.4 Å². The Morgan fingerprint density at radius 2 is 1.69 bits per heavy atom. The standard InChI is InChI=1S/C17H16ClN7O3S/c18-11-16(26)23-24-17-20-10-7-15(22-17)21-12-1-3-14(4-2-12)29(27,28)25-13-5-8-19-9-6-13/h1-10H,11H2,(H,19,25)(H,23,26)(H2,20,21,22,24). The van der Waals surface area contributed by atoms with Crippen molar-refractivity contribution >= 4 is 50.7 Å². The van der Waals surface area contributed by atoms with Gasteiger partial charge < -0.3 is 5.32 Å². The van der Waals surface area contributed by atoms with Gasteiger partial charge in [0.15, 0.2) is 0 Å². The highest BCUT2D eigenvalue weighted by Crippen LogP contribution is 2.20. The van der Waals surface area contributed by atoms with Crippen molar-refractivity contribution < 1.29 is 13.2 Å². The largest absolute Gasteiger partial charge is 0.340 e. The molecule has 29 heavy (non-hydrogen) atoms. The van der Waals surface area contributed by atoms with Gasteiger partial charge in [0.2, 0.25) is 5.95 Å². The number of alkyl halides is 1. The second-order valence-electron chi connectivity index (χ2n) is 5.56. The maximum Gasteiger partial charge on any atom is 0.261 e. The first kappa shape index (κ1) is 20.3. The van der Waals surface area contributed by atoms with Gasteiger partial charge in [-0.15, -0.1) is 11.6 Å². The summed E-state index contributed by atoms with van der Waals surface area (Å²) in [6.07, 6.45) is 4.48. The van der Waals surface area contributed by atoms with Crippen LogP contribution in [0.1, 0.15) is 0 Å². The van der Waals surface area contributed by atoms with E-state index in [1.807, 2.05) is 0 Å². The third kappa shape index (κ3) is 5.77. The van der Waals surface area contributed by atoms with Crippen LogP contribution in [0.5, 0.6) is 0 Å². The van der Waals surface area contributed by atoms with Crippen molar-refractivity contribution in [3.8, 4) is 0 Å². The van der Waals surface area contributed by atoms with Crippen LogP contribution in [0, 0.1) is 0 Å². The summed E-state index contributed by atoms with van der Waals surface area (Å²) < 4.78 is 27.4. The number of rotatable bonds is 8. The summed E-state index contributed by atoms with van der Waals surface area (Å²) in [4.78, 5) is 23.2. The predicted octanol–water partition coefficient (Wildman–Crippen LogP) is 2.10. The zero-order chi connectivity index (χ0) is 20.7. The summed E-state index contributed by atoms with van der Waals surface area (Å²) in [7, 11) is -3.72. The van der Waals surface area contributed by atoms with Crippen molar-refractivity contribution in [3.05, 3.63) is 61.1 Å². The summed E-state index contributed by atoms with van der Waals surface area (Å²) in [5.74, 6) is -0.0240. The highest BCUT2D eigenvalue weighted by Gasteiger charge is 2.14. The Morgan fingerprint density at radius 3 is 2.38 bits per heavy atom. The molecule has 2 heterocycles. The molecule has 0 aliphatic rings. The van der Waals surface area contributed by atoms with E-state index in [-0.39, 0.29) is 16.7 Å². The first-order valence-corrected chi connectivity index (χ1v) is 10.2. The van der Waals surface area contributed by atoms with Crippen molar-refractivity contribution in [1.29, 1.82) is 0 Å². The number of sulfonamides is 1. The van der Waals surface area contributed by atoms with E-state index in [1.165, 1.54) is 30.7 Å². The molecule has 1 aromatic carbocycles. The minimum atomic E-state index is -3.72. The Morgan fingerprint density at radius 1 is 0.966 bits per heavy atom. The molecule has 0 saturated heterocycles. The van der Waals surface area contributed by atoms with Crippen LogP contribution in [-0.4, -0.2) is 35.2 Å². The number of hydrogen-bond acceptors (Lipinski definition) is 8. The zero-order valence-electron chi connectivity index (χ0n) is 14.8. The van der Waals surface area contributed by atoms with Crippen molar-refractivity contribution in [2.24, 2.45) is 0 Å². The number of aromatic nitrogens is 3. The lowest BCUT2D eigenvalue weighted by atomic mass is 10.3. The Labute approximate surface area is 171 Å². The number of halogens is 1. The van der Waals surface area contributed by atoms with Crippen LogP contribution in [0.15, 0.2) is 66.0 Å². The average molecular weight is 434 g/mol. The fourth-order valence-corrected chi connectivity index (χ4v) is 3.27. The molecule has 10 nitrogen and oxygen atoms in total. The number of nitrogens with one attached hydrogen (secondary N) is 4. The van der Waals surface area contributed by atoms with Crippen LogP contribution in [0.2, 0.25) is 0 Å². The van der Waals surface area contributed by atoms with Crippen LogP contribution in [0.4, 0.5) is 23.1 Å². The monoisotopic (exact) mass is 433 g/mol. The van der Waals surface area contributed by atoms with Gasteiger partial charge in [0, 0.05) is 24.3 Å². The van der Waals surface area contributed by atoms with E-state index in [9.17, 15) is 13.2 Å². The first-order chi connectivity index (χ1) is 14.0. The number of pyridine rings is 1.